The first kappa shape index (κ1) is 16.3. The fourth-order valence-corrected chi connectivity index (χ4v) is 3.92. The SMILES string of the molecule is CC(C)(C)C1=CCN(S(=O)(=O)c2ccc(Cl)c(N)c2)CC1. The predicted octanol–water partition coefficient (Wildman–Crippen LogP) is 3.29. The van der Waals surface area contributed by atoms with E-state index in [9.17, 15) is 8.42 Å². The topological polar surface area (TPSA) is 63.4 Å². The lowest BCUT2D eigenvalue weighted by atomic mass is 9.83. The minimum Gasteiger partial charge on any atom is -0.397 e. The highest BCUT2D eigenvalue weighted by atomic mass is 35.5. The normalized spacial score (nSPS) is 17.6. The largest absolute Gasteiger partial charge is 0.397 e. The van der Waals surface area contributed by atoms with Crippen molar-refractivity contribution in [2.24, 2.45) is 5.41 Å². The average Bonchev–Trinajstić information content (AvgIpc) is 2.41. The molecule has 0 aromatic heterocycles. The number of sulfonamides is 1. The third-order valence-electron chi connectivity index (χ3n) is 3.74. The second-order valence-corrected chi connectivity index (χ2v) is 8.62. The van der Waals surface area contributed by atoms with Gasteiger partial charge in [0.1, 0.15) is 0 Å². The highest BCUT2D eigenvalue weighted by Crippen LogP contribution is 2.32. The lowest BCUT2D eigenvalue weighted by Crippen LogP contribution is -2.36. The summed E-state index contributed by atoms with van der Waals surface area (Å²) in [5.41, 5.74) is 7.36. The molecular formula is C15H21ClN2O2S. The molecule has 2 rings (SSSR count). The van der Waals surface area contributed by atoms with Crippen LogP contribution in [0.15, 0.2) is 34.7 Å². The van der Waals surface area contributed by atoms with Crippen LogP contribution in [0.1, 0.15) is 27.2 Å². The van der Waals surface area contributed by atoms with Gasteiger partial charge in [0, 0.05) is 13.1 Å². The first-order valence-corrected chi connectivity index (χ1v) is 8.69. The maximum Gasteiger partial charge on any atom is 0.243 e. The zero-order chi connectivity index (χ0) is 15.8. The van der Waals surface area contributed by atoms with Crippen LogP contribution < -0.4 is 5.73 Å². The van der Waals surface area contributed by atoms with E-state index in [2.05, 4.69) is 20.8 Å². The number of benzene rings is 1. The lowest BCUT2D eigenvalue weighted by molar-refractivity contribution is 0.389. The number of hydrogen-bond acceptors (Lipinski definition) is 3. The zero-order valence-electron chi connectivity index (χ0n) is 12.6. The highest BCUT2D eigenvalue weighted by molar-refractivity contribution is 7.89. The summed E-state index contributed by atoms with van der Waals surface area (Å²) in [4.78, 5) is 0.192. The number of nitrogen functional groups attached to an aromatic ring is 1. The van der Waals surface area contributed by atoms with E-state index in [1.807, 2.05) is 6.08 Å². The van der Waals surface area contributed by atoms with E-state index in [4.69, 9.17) is 17.3 Å². The van der Waals surface area contributed by atoms with E-state index in [0.29, 0.717) is 18.1 Å². The molecule has 1 aliphatic heterocycles. The molecule has 2 N–H and O–H groups in total. The van der Waals surface area contributed by atoms with Crippen LogP contribution >= 0.6 is 11.6 Å². The Morgan fingerprint density at radius 1 is 1.29 bits per heavy atom. The monoisotopic (exact) mass is 328 g/mol. The summed E-state index contributed by atoms with van der Waals surface area (Å²) in [7, 11) is -3.52. The number of nitrogens with two attached hydrogens (primary N) is 1. The minimum absolute atomic E-state index is 0.0839. The lowest BCUT2D eigenvalue weighted by Gasteiger charge is -2.31. The summed E-state index contributed by atoms with van der Waals surface area (Å²) in [5, 5.41) is 0.363. The van der Waals surface area contributed by atoms with Gasteiger partial charge in [0.2, 0.25) is 10.0 Å². The number of hydrogen-bond donors (Lipinski definition) is 1. The summed E-state index contributed by atoms with van der Waals surface area (Å²) in [6.07, 6.45) is 2.77. The van der Waals surface area contributed by atoms with Gasteiger partial charge in [-0.05, 0) is 30.0 Å². The number of anilines is 1. The molecule has 0 aliphatic carbocycles. The van der Waals surface area contributed by atoms with E-state index in [1.165, 1.54) is 28.1 Å². The molecule has 4 nitrogen and oxygen atoms in total. The van der Waals surface area contributed by atoms with Gasteiger partial charge >= 0.3 is 0 Å². The van der Waals surface area contributed by atoms with E-state index in [-0.39, 0.29) is 16.0 Å². The first-order chi connectivity index (χ1) is 9.62. The third-order valence-corrected chi connectivity index (χ3v) is 5.95. The second-order valence-electron chi connectivity index (χ2n) is 6.28. The van der Waals surface area contributed by atoms with Crippen LogP contribution in [0.4, 0.5) is 5.69 Å². The molecule has 116 valence electrons. The van der Waals surface area contributed by atoms with Crippen LogP contribution in [0.5, 0.6) is 0 Å². The molecule has 1 aliphatic rings. The third kappa shape index (κ3) is 3.42. The standard InChI is InChI=1S/C15H21ClN2O2S/c1-15(2,3)11-6-8-18(9-7-11)21(19,20)12-4-5-13(16)14(17)10-12/h4-6,10H,7-9,17H2,1-3H3. The molecule has 0 saturated carbocycles. The van der Waals surface area contributed by atoms with Gasteiger partial charge in [0.05, 0.1) is 15.6 Å². The summed E-state index contributed by atoms with van der Waals surface area (Å²) in [6, 6.07) is 4.43. The fraction of sp³-hybridized carbons (Fsp3) is 0.467. The molecular weight excluding hydrogens is 308 g/mol. The highest BCUT2D eigenvalue weighted by Gasteiger charge is 2.29. The van der Waals surface area contributed by atoms with Crippen molar-refractivity contribution in [2.75, 3.05) is 18.8 Å². The van der Waals surface area contributed by atoms with Crippen LogP contribution in [-0.4, -0.2) is 25.8 Å². The second kappa shape index (κ2) is 5.63. The molecule has 0 fully saturated rings. The predicted molar refractivity (Wildman–Crippen MR) is 86.8 cm³/mol. The quantitative estimate of drug-likeness (QED) is 0.669. The van der Waals surface area contributed by atoms with Crippen LogP contribution in [0.2, 0.25) is 5.02 Å². The zero-order valence-corrected chi connectivity index (χ0v) is 14.1. The van der Waals surface area contributed by atoms with Gasteiger partial charge in [-0.25, -0.2) is 8.42 Å². The summed E-state index contributed by atoms with van der Waals surface area (Å²) >= 11 is 5.84. The molecule has 0 unspecified atom stereocenters. The molecule has 0 amide bonds. The van der Waals surface area contributed by atoms with Gasteiger partial charge in [-0.2, -0.15) is 4.31 Å². The van der Waals surface area contributed by atoms with Crippen molar-refractivity contribution in [3.8, 4) is 0 Å². The Bertz CT molecular complexity index is 675. The number of halogens is 1. The van der Waals surface area contributed by atoms with E-state index >= 15 is 0 Å². The van der Waals surface area contributed by atoms with Crippen LogP contribution in [-0.2, 0) is 10.0 Å². The Labute approximate surface area is 131 Å². The van der Waals surface area contributed by atoms with Gasteiger partial charge < -0.3 is 5.73 Å². The molecule has 6 heteroatoms. The van der Waals surface area contributed by atoms with Crippen molar-refractivity contribution in [3.05, 3.63) is 34.9 Å². The van der Waals surface area contributed by atoms with Crippen molar-refractivity contribution in [3.63, 3.8) is 0 Å². The first-order valence-electron chi connectivity index (χ1n) is 6.87. The maximum atomic E-state index is 12.6. The number of rotatable bonds is 2. The smallest absolute Gasteiger partial charge is 0.243 e. The maximum absolute atomic E-state index is 12.6. The molecule has 1 aromatic carbocycles. The van der Waals surface area contributed by atoms with Gasteiger partial charge in [-0.3, -0.25) is 0 Å². The van der Waals surface area contributed by atoms with Gasteiger partial charge in [-0.1, -0.05) is 44.0 Å². The molecule has 0 spiro atoms. The molecule has 1 heterocycles. The molecule has 0 bridgehead atoms. The van der Waals surface area contributed by atoms with Crippen molar-refractivity contribution < 1.29 is 8.42 Å². The van der Waals surface area contributed by atoms with Gasteiger partial charge in [-0.15, -0.1) is 0 Å². The van der Waals surface area contributed by atoms with E-state index in [0.717, 1.165) is 6.42 Å². The summed E-state index contributed by atoms with van der Waals surface area (Å²) in [5.74, 6) is 0. The molecule has 21 heavy (non-hydrogen) atoms. The molecule has 0 atom stereocenters. The van der Waals surface area contributed by atoms with Crippen LogP contribution in [0.25, 0.3) is 0 Å². The summed E-state index contributed by atoms with van der Waals surface area (Å²) < 4.78 is 26.7. The molecule has 1 aromatic rings. The fourth-order valence-electron chi connectivity index (χ4n) is 2.38. The van der Waals surface area contributed by atoms with Gasteiger partial charge in [0.25, 0.3) is 0 Å². The Morgan fingerprint density at radius 2 is 1.95 bits per heavy atom. The Hall–Kier alpha value is -1.04. The average molecular weight is 329 g/mol. The molecule has 0 saturated heterocycles. The van der Waals surface area contributed by atoms with Gasteiger partial charge in [0.15, 0.2) is 0 Å². The van der Waals surface area contributed by atoms with E-state index < -0.39 is 10.0 Å². The minimum atomic E-state index is -3.52. The van der Waals surface area contributed by atoms with E-state index in [1.54, 1.807) is 0 Å². The number of nitrogens with zero attached hydrogens (tertiary/aromatic N) is 1. The van der Waals surface area contributed by atoms with Crippen molar-refractivity contribution in [1.82, 2.24) is 4.31 Å². The molecule has 0 radical (unpaired) electrons. The Morgan fingerprint density at radius 3 is 2.43 bits per heavy atom. The van der Waals surface area contributed by atoms with Crippen LogP contribution in [0, 0.1) is 5.41 Å². The van der Waals surface area contributed by atoms with Crippen molar-refractivity contribution in [2.45, 2.75) is 32.1 Å². The Balaban J connectivity index is 2.26. The van der Waals surface area contributed by atoms with Crippen LogP contribution in [0.3, 0.4) is 0 Å². The Kier molecular flexibility index (Phi) is 4.38. The van der Waals surface area contributed by atoms with Crippen molar-refractivity contribution >= 4 is 27.3 Å². The van der Waals surface area contributed by atoms with Crippen molar-refractivity contribution in [1.29, 1.82) is 0 Å². The summed E-state index contributed by atoms with van der Waals surface area (Å²) in [6.45, 7) is 7.32.